The largest absolute Gasteiger partial charge is 0.352 e. The number of nitrogens with one attached hydrogen (secondary N) is 1. The highest BCUT2D eigenvalue weighted by Crippen LogP contribution is 2.34. The second-order valence-electron chi connectivity index (χ2n) is 5.81. The topological polar surface area (TPSA) is 49.4 Å². The molecule has 0 fully saturated rings. The maximum Gasteiger partial charge on any atom is 0.237 e. The molecule has 0 radical (unpaired) electrons. The molecule has 1 aliphatic rings. The van der Waals surface area contributed by atoms with Crippen molar-refractivity contribution in [1.29, 1.82) is 0 Å². The lowest BCUT2D eigenvalue weighted by atomic mass is 10.1. The van der Waals surface area contributed by atoms with Gasteiger partial charge in [0.25, 0.3) is 0 Å². The first-order valence-electron chi connectivity index (χ1n) is 7.98. The molecular weight excluding hydrogens is 320 g/mol. The Balaban J connectivity index is 1.54. The van der Waals surface area contributed by atoms with Crippen LogP contribution >= 0.6 is 11.8 Å². The monoisotopic (exact) mass is 340 g/mol. The molecular formula is C19H20N2O2S. The number of hydrogen-bond donors (Lipinski definition) is 1. The van der Waals surface area contributed by atoms with E-state index in [9.17, 15) is 9.59 Å². The molecule has 2 aromatic rings. The fourth-order valence-electron chi connectivity index (χ4n) is 2.61. The average Bonchev–Trinajstić information content (AvgIpc) is 2.60. The number of carbonyl (C=O) groups excluding carboxylic acids is 2. The smallest absolute Gasteiger partial charge is 0.237 e. The highest BCUT2D eigenvalue weighted by Gasteiger charge is 2.24. The number of hydrogen-bond acceptors (Lipinski definition) is 3. The summed E-state index contributed by atoms with van der Waals surface area (Å²) in [6.45, 7) is 2.96. The summed E-state index contributed by atoms with van der Waals surface area (Å²) in [6, 6.07) is 15.9. The lowest BCUT2D eigenvalue weighted by Crippen LogP contribution is -2.38. The third-order valence-electron chi connectivity index (χ3n) is 3.98. The van der Waals surface area contributed by atoms with E-state index in [1.54, 1.807) is 16.7 Å². The van der Waals surface area contributed by atoms with Crippen molar-refractivity contribution < 1.29 is 9.59 Å². The molecule has 2 aromatic carbocycles. The van der Waals surface area contributed by atoms with Crippen molar-refractivity contribution >= 4 is 29.3 Å². The third-order valence-corrected chi connectivity index (χ3v) is 5.03. The molecule has 2 amide bonds. The van der Waals surface area contributed by atoms with Gasteiger partial charge < -0.3 is 10.2 Å². The molecule has 0 unspecified atom stereocenters. The zero-order valence-corrected chi connectivity index (χ0v) is 14.4. The molecule has 1 aliphatic heterocycles. The SMILES string of the molecule is Cc1ccc(CNC(=O)CCN2C(=O)CSc3ccccc32)cc1. The van der Waals surface area contributed by atoms with E-state index in [2.05, 4.69) is 5.32 Å². The van der Waals surface area contributed by atoms with Gasteiger partial charge in [-0.15, -0.1) is 11.8 Å². The Morgan fingerprint density at radius 3 is 2.71 bits per heavy atom. The van der Waals surface area contributed by atoms with E-state index in [1.165, 1.54) is 5.56 Å². The van der Waals surface area contributed by atoms with Gasteiger partial charge >= 0.3 is 0 Å². The van der Waals surface area contributed by atoms with Gasteiger partial charge in [0, 0.05) is 24.4 Å². The minimum Gasteiger partial charge on any atom is -0.352 e. The van der Waals surface area contributed by atoms with Crippen molar-refractivity contribution in [3.8, 4) is 0 Å². The number of thioether (sulfide) groups is 1. The van der Waals surface area contributed by atoms with Crippen LogP contribution in [0.3, 0.4) is 0 Å². The van der Waals surface area contributed by atoms with Crippen molar-refractivity contribution in [2.24, 2.45) is 0 Å². The van der Waals surface area contributed by atoms with Crippen molar-refractivity contribution in [3.63, 3.8) is 0 Å². The lowest BCUT2D eigenvalue weighted by molar-refractivity contribution is -0.121. The Morgan fingerprint density at radius 1 is 1.17 bits per heavy atom. The van der Waals surface area contributed by atoms with Gasteiger partial charge in [-0.1, -0.05) is 42.0 Å². The quantitative estimate of drug-likeness (QED) is 0.910. The normalized spacial score (nSPS) is 13.5. The number of nitrogens with zero attached hydrogens (tertiary/aromatic N) is 1. The fourth-order valence-corrected chi connectivity index (χ4v) is 3.54. The molecule has 3 rings (SSSR count). The number of benzene rings is 2. The number of aryl methyl sites for hydroxylation is 1. The molecule has 4 nitrogen and oxygen atoms in total. The maximum absolute atomic E-state index is 12.2. The van der Waals surface area contributed by atoms with Crippen LogP contribution in [-0.4, -0.2) is 24.1 Å². The third kappa shape index (κ3) is 3.97. The lowest BCUT2D eigenvalue weighted by Gasteiger charge is -2.28. The molecule has 0 bridgehead atoms. The Hall–Kier alpha value is -2.27. The molecule has 0 aromatic heterocycles. The average molecular weight is 340 g/mol. The van der Waals surface area contributed by atoms with Crippen LogP contribution in [0.25, 0.3) is 0 Å². The van der Waals surface area contributed by atoms with E-state index >= 15 is 0 Å². The van der Waals surface area contributed by atoms with Crippen LogP contribution in [-0.2, 0) is 16.1 Å². The van der Waals surface area contributed by atoms with Gasteiger partial charge in [0.2, 0.25) is 11.8 Å². The van der Waals surface area contributed by atoms with Crippen molar-refractivity contribution in [2.75, 3.05) is 17.2 Å². The standard InChI is InChI=1S/C19H20N2O2S/c1-14-6-8-15(9-7-14)12-20-18(22)10-11-21-16-4-2-3-5-17(16)24-13-19(21)23/h2-9H,10-13H2,1H3,(H,20,22). The molecule has 0 saturated carbocycles. The Bertz CT molecular complexity index is 743. The molecule has 0 spiro atoms. The Morgan fingerprint density at radius 2 is 1.92 bits per heavy atom. The number of anilines is 1. The van der Waals surface area contributed by atoms with Crippen LogP contribution in [0.4, 0.5) is 5.69 Å². The van der Waals surface area contributed by atoms with E-state index in [4.69, 9.17) is 0 Å². The summed E-state index contributed by atoms with van der Waals surface area (Å²) in [6.07, 6.45) is 0.302. The number of fused-ring (bicyclic) bond motifs is 1. The van der Waals surface area contributed by atoms with Gasteiger partial charge in [0.1, 0.15) is 0 Å². The van der Waals surface area contributed by atoms with Gasteiger partial charge in [-0.2, -0.15) is 0 Å². The summed E-state index contributed by atoms with van der Waals surface area (Å²) < 4.78 is 0. The Kier molecular flexibility index (Phi) is 5.20. The van der Waals surface area contributed by atoms with Gasteiger partial charge in [-0.05, 0) is 24.6 Å². The van der Waals surface area contributed by atoms with Crippen LogP contribution in [0.15, 0.2) is 53.4 Å². The number of para-hydroxylation sites is 1. The molecule has 5 heteroatoms. The van der Waals surface area contributed by atoms with E-state index in [-0.39, 0.29) is 11.8 Å². The molecule has 124 valence electrons. The maximum atomic E-state index is 12.2. The van der Waals surface area contributed by atoms with Crippen molar-refractivity contribution in [2.45, 2.75) is 24.8 Å². The zero-order valence-electron chi connectivity index (χ0n) is 13.6. The number of amides is 2. The van der Waals surface area contributed by atoms with Crippen LogP contribution in [0.2, 0.25) is 0 Å². The second-order valence-corrected chi connectivity index (χ2v) is 6.83. The van der Waals surface area contributed by atoms with Gasteiger partial charge in [-0.3, -0.25) is 9.59 Å². The molecule has 1 N–H and O–H groups in total. The van der Waals surface area contributed by atoms with E-state index < -0.39 is 0 Å². The predicted octanol–water partition coefficient (Wildman–Crippen LogP) is 3.14. The van der Waals surface area contributed by atoms with E-state index in [1.807, 2.05) is 55.5 Å². The minimum atomic E-state index is -0.0425. The zero-order chi connectivity index (χ0) is 16.9. The first-order chi connectivity index (χ1) is 11.6. The highest BCUT2D eigenvalue weighted by molar-refractivity contribution is 8.00. The van der Waals surface area contributed by atoms with E-state index in [0.717, 1.165) is 16.1 Å². The molecule has 0 aliphatic carbocycles. The van der Waals surface area contributed by atoms with Crippen LogP contribution in [0, 0.1) is 6.92 Å². The van der Waals surface area contributed by atoms with Crippen LogP contribution in [0.1, 0.15) is 17.5 Å². The summed E-state index contributed by atoms with van der Waals surface area (Å²) in [4.78, 5) is 27.1. The van der Waals surface area contributed by atoms with Crippen LogP contribution < -0.4 is 10.2 Å². The number of carbonyl (C=O) groups is 2. The summed E-state index contributed by atoms with van der Waals surface area (Å²) in [7, 11) is 0. The van der Waals surface area contributed by atoms with Gasteiger partial charge in [-0.25, -0.2) is 0 Å². The first kappa shape index (κ1) is 16.6. The fraction of sp³-hybridized carbons (Fsp3) is 0.263. The molecule has 0 atom stereocenters. The van der Waals surface area contributed by atoms with E-state index in [0.29, 0.717) is 25.3 Å². The first-order valence-corrected chi connectivity index (χ1v) is 8.96. The minimum absolute atomic E-state index is 0.0425. The number of rotatable bonds is 5. The predicted molar refractivity (Wildman–Crippen MR) is 97.2 cm³/mol. The highest BCUT2D eigenvalue weighted by atomic mass is 32.2. The van der Waals surface area contributed by atoms with Gasteiger partial charge in [0.15, 0.2) is 0 Å². The summed E-state index contributed by atoms with van der Waals surface area (Å²) >= 11 is 1.55. The second kappa shape index (κ2) is 7.53. The molecule has 1 heterocycles. The summed E-state index contributed by atoms with van der Waals surface area (Å²) in [5, 5.41) is 2.91. The molecule has 0 saturated heterocycles. The Labute approximate surface area is 146 Å². The van der Waals surface area contributed by atoms with Crippen molar-refractivity contribution in [1.82, 2.24) is 5.32 Å². The van der Waals surface area contributed by atoms with Gasteiger partial charge in [0.05, 0.1) is 11.4 Å². The summed E-state index contributed by atoms with van der Waals surface area (Å²) in [5.41, 5.74) is 3.18. The van der Waals surface area contributed by atoms with Crippen LogP contribution in [0.5, 0.6) is 0 Å². The van der Waals surface area contributed by atoms with Crippen molar-refractivity contribution in [3.05, 3.63) is 59.7 Å². The molecule has 24 heavy (non-hydrogen) atoms. The summed E-state index contributed by atoms with van der Waals surface area (Å²) in [5.74, 6) is 0.450.